The van der Waals surface area contributed by atoms with E-state index >= 15 is 0 Å². The van der Waals surface area contributed by atoms with Gasteiger partial charge in [-0.25, -0.2) is 4.79 Å². The zero-order valence-electron chi connectivity index (χ0n) is 18.9. The van der Waals surface area contributed by atoms with E-state index in [1.165, 1.54) is 11.8 Å². The van der Waals surface area contributed by atoms with E-state index in [9.17, 15) is 24.0 Å². The number of carbonyl (C=O) groups is 5. The molecule has 0 aliphatic heterocycles. The number of guanidine groups is 1. The van der Waals surface area contributed by atoms with Gasteiger partial charge in [-0.15, -0.1) is 0 Å². The fourth-order valence-electron chi connectivity index (χ4n) is 2.57. The number of carboxylic acids is 1. The normalized spacial score (nSPS) is 14.1. The van der Waals surface area contributed by atoms with Gasteiger partial charge in [0.05, 0.1) is 19.1 Å². The summed E-state index contributed by atoms with van der Waals surface area (Å²) < 4.78 is 0. The summed E-state index contributed by atoms with van der Waals surface area (Å²) in [5.74, 6) is -4.51. The van der Waals surface area contributed by atoms with Gasteiger partial charge < -0.3 is 49.1 Å². The van der Waals surface area contributed by atoms with Crippen molar-refractivity contribution in [3.05, 3.63) is 0 Å². The molecule has 0 saturated heterocycles. The zero-order valence-corrected chi connectivity index (χ0v) is 19.7. The van der Waals surface area contributed by atoms with Crippen molar-refractivity contribution in [2.75, 3.05) is 25.2 Å². The highest BCUT2D eigenvalue weighted by Gasteiger charge is 2.30. The van der Waals surface area contributed by atoms with E-state index in [4.69, 9.17) is 33.1 Å². The first kappa shape index (κ1) is 30.9. The van der Waals surface area contributed by atoms with Gasteiger partial charge in [0.15, 0.2) is 5.96 Å². The number of aliphatic imine (C=N–C) groups is 1. The van der Waals surface area contributed by atoms with Gasteiger partial charge in [-0.2, -0.15) is 11.8 Å². The van der Waals surface area contributed by atoms with E-state index in [0.717, 1.165) is 0 Å². The highest BCUT2D eigenvalue weighted by molar-refractivity contribution is 7.98. The van der Waals surface area contributed by atoms with Crippen LogP contribution in [-0.2, 0) is 24.0 Å². The number of rotatable bonds is 17. The smallest absolute Gasteiger partial charge is 0.328 e. The Hall–Kier alpha value is -3.11. The average molecular weight is 507 g/mol. The molecule has 4 atom stereocenters. The van der Waals surface area contributed by atoms with Crippen LogP contribution in [0.2, 0.25) is 0 Å². The monoisotopic (exact) mass is 506 g/mol. The number of primary amides is 1. The largest absolute Gasteiger partial charge is 0.480 e. The highest BCUT2D eigenvalue weighted by atomic mass is 32.2. The molecule has 15 nitrogen and oxygen atoms in total. The average Bonchev–Trinajstić information content (AvgIpc) is 2.75. The lowest BCUT2D eigenvalue weighted by molar-refractivity contribution is -0.143. The van der Waals surface area contributed by atoms with Crippen LogP contribution in [0.4, 0.5) is 0 Å². The number of thioether (sulfide) groups is 1. The fraction of sp³-hybridized carbons (Fsp3) is 0.667. The van der Waals surface area contributed by atoms with Crippen LogP contribution in [0.25, 0.3) is 0 Å². The molecule has 34 heavy (non-hydrogen) atoms. The van der Waals surface area contributed by atoms with Crippen LogP contribution in [0, 0.1) is 0 Å². The summed E-state index contributed by atoms with van der Waals surface area (Å²) in [4.78, 5) is 64.0. The van der Waals surface area contributed by atoms with Crippen molar-refractivity contribution < 1.29 is 34.2 Å². The van der Waals surface area contributed by atoms with Crippen LogP contribution in [-0.4, -0.2) is 95.1 Å². The molecule has 0 bridgehead atoms. The van der Waals surface area contributed by atoms with Gasteiger partial charge in [-0.1, -0.05) is 0 Å². The molecule has 0 rings (SSSR count). The lowest BCUT2D eigenvalue weighted by Crippen LogP contribution is -2.58. The Bertz CT molecular complexity index is 748. The summed E-state index contributed by atoms with van der Waals surface area (Å²) in [6.07, 6.45) is 1.88. The summed E-state index contributed by atoms with van der Waals surface area (Å²) in [5.41, 5.74) is 21.5. The first-order chi connectivity index (χ1) is 15.9. The number of carbonyl (C=O) groups excluding carboxylic acids is 4. The minimum Gasteiger partial charge on any atom is -0.480 e. The first-order valence-corrected chi connectivity index (χ1v) is 11.6. The lowest BCUT2D eigenvalue weighted by atomic mass is 10.1. The minimum absolute atomic E-state index is 0.0584. The number of nitrogens with one attached hydrogen (secondary N) is 3. The second-order valence-corrected chi connectivity index (χ2v) is 8.20. The Labute approximate surface area is 200 Å². The molecule has 0 heterocycles. The van der Waals surface area contributed by atoms with Crippen molar-refractivity contribution in [3.63, 3.8) is 0 Å². The number of hydrogen-bond acceptors (Lipinski definition) is 9. The molecule has 0 aromatic rings. The summed E-state index contributed by atoms with van der Waals surface area (Å²) in [7, 11) is 0. The van der Waals surface area contributed by atoms with Gasteiger partial charge in [0, 0.05) is 6.54 Å². The third-order valence-electron chi connectivity index (χ3n) is 4.38. The fourth-order valence-corrected chi connectivity index (χ4v) is 3.06. The van der Waals surface area contributed by atoms with Crippen molar-refractivity contribution in [1.29, 1.82) is 0 Å². The van der Waals surface area contributed by atoms with E-state index < -0.39 is 66.8 Å². The predicted octanol–water partition coefficient (Wildman–Crippen LogP) is -4.47. The molecule has 0 aromatic heterocycles. The second kappa shape index (κ2) is 16.5. The van der Waals surface area contributed by atoms with Crippen molar-refractivity contribution in [1.82, 2.24) is 16.0 Å². The summed E-state index contributed by atoms with van der Waals surface area (Å²) in [6.45, 7) is -0.766. The van der Waals surface area contributed by atoms with Crippen LogP contribution in [0.1, 0.15) is 25.7 Å². The Kier molecular flexibility index (Phi) is 15.0. The first-order valence-electron chi connectivity index (χ1n) is 10.3. The molecule has 4 unspecified atom stereocenters. The maximum atomic E-state index is 12.9. The number of aliphatic hydroxyl groups excluding tert-OH is 1. The third-order valence-corrected chi connectivity index (χ3v) is 5.03. The molecule has 16 heteroatoms. The zero-order chi connectivity index (χ0) is 26.3. The van der Waals surface area contributed by atoms with Gasteiger partial charge in [-0.05, 0) is 31.3 Å². The number of aliphatic hydroxyl groups is 1. The molecule has 0 fully saturated rings. The SMILES string of the molecule is CSCCC(N)C(=O)NC(CCCN=C(N)N)C(=O)NC(CC(N)=O)C(=O)NC(CO)C(=O)O. The van der Waals surface area contributed by atoms with E-state index in [-0.39, 0.29) is 25.3 Å². The Morgan fingerprint density at radius 3 is 1.97 bits per heavy atom. The van der Waals surface area contributed by atoms with E-state index in [1.807, 2.05) is 11.6 Å². The van der Waals surface area contributed by atoms with Gasteiger partial charge >= 0.3 is 5.97 Å². The Morgan fingerprint density at radius 2 is 1.47 bits per heavy atom. The highest BCUT2D eigenvalue weighted by Crippen LogP contribution is 2.04. The third kappa shape index (κ3) is 12.8. The molecule has 0 radical (unpaired) electrons. The van der Waals surface area contributed by atoms with Crippen molar-refractivity contribution >= 4 is 47.3 Å². The van der Waals surface area contributed by atoms with E-state index in [0.29, 0.717) is 12.2 Å². The molecular formula is C18H34N8O7S. The Morgan fingerprint density at radius 1 is 0.912 bits per heavy atom. The lowest BCUT2D eigenvalue weighted by Gasteiger charge is -2.24. The van der Waals surface area contributed by atoms with Crippen molar-refractivity contribution in [2.45, 2.75) is 49.9 Å². The Balaban J connectivity index is 5.50. The molecule has 0 saturated carbocycles. The molecule has 4 amide bonds. The molecule has 0 aromatic carbocycles. The van der Waals surface area contributed by atoms with Crippen LogP contribution in [0.3, 0.4) is 0 Å². The number of amides is 4. The molecule has 194 valence electrons. The number of carboxylic acid groups (broad SMARTS) is 1. The quantitative estimate of drug-likeness (QED) is 0.0515. The van der Waals surface area contributed by atoms with Gasteiger partial charge in [0.1, 0.15) is 18.1 Å². The number of nitrogens with zero attached hydrogens (tertiary/aromatic N) is 1. The van der Waals surface area contributed by atoms with Crippen molar-refractivity contribution in [3.8, 4) is 0 Å². The predicted molar refractivity (Wildman–Crippen MR) is 125 cm³/mol. The maximum absolute atomic E-state index is 12.9. The van der Waals surface area contributed by atoms with Gasteiger partial charge in [0.25, 0.3) is 0 Å². The number of nitrogens with two attached hydrogens (primary N) is 4. The van der Waals surface area contributed by atoms with Gasteiger partial charge in [0.2, 0.25) is 23.6 Å². The summed E-state index contributed by atoms with van der Waals surface area (Å²) in [6, 6.07) is -5.27. The van der Waals surface area contributed by atoms with Crippen LogP contribution in [0.5, 0.6) is 0 Å². The van der Waals surface area contributed by atoms with Crippen LogP contribution < -0.4 is 38.9 Å². The molecule has 0 spiro atoms. The van der Waals surface area contributed by atoms with Crippen LogP contribution >= 0.6 is 11.8 Å². The second-order valence-electron chi connectivity index (χ2n) is 7.21. The topological polar surface area (TPSA) is 278 Å². The molecular weight excluding hydrogens is 472 g/mol. The van der Waals surface area contributed by atoms with Gasteiger partial charge in [-0.3, -0.25) is 24.2 Å². The van der Waals surface area contributed by atoms with Crippen molar-refractivity contribution in [2.24, 2.45) is 27.9 Å². The molecule has 13 N–H and O–H groups in total. The molecule has 0 aliphatic rings. The number of hydrogen-bond donors (Lipinski definition) is 9. The van der Waals surface area contributed by atoms with E-state index in [2.05, 4.69) is 15.6 Å². The van der Waals surface area contributed by atoms with E-state index in [1.54, 1.807) is 0 Å². The minimum atomic E-state index is -1.66. The molecule has 0 aliphatic carbocycles. The summed E-state index contributed by atoms with van der Waals surface area (Å²) in [5, 5.41) is 24.9. The van der Waals surface area contributed by atoms with Crippen LogP contribution in [0.15, 0.2) is 4.99 Å². The number of aliphatic carboxylic acids is 1. The standard InChI is InChI=1S/C18H34N8O7S/c1-34-6-4-9(19)14(29)24-10(3-2-5-23-18(21)22)15(30)25-11(7-13(20)28)16(31)26-12(8-27)17(32)33/h9-12,27H,2-8,19H2,1H3,(H2,20,28)(H,24,29)(H,25,30)(H,26,31)(H,32,33)(H4,21,22,23). The maximum Gasteiger partial charge on any atom is 0.328 e. The summed E-state index contributed by atoms with van der Waals surface area (Å²) >= 11 is 1.49.